The monoisotopic (exact) mass is 420 g/mol. The molecule has 154 valence electrons. The molecule has 0 atom stereocenters. The average Bonchev–Trinajstić information content (AvgIpc) is 3.20. The van der Waals surface area contributed by atoms with Gasteiger partial charge in [0.1, 0.15) is 22.1 Å². The van der Waals surface area contributed by atoms with Gasteiger partial charge in [0.05, 0.1) is 26.7 Å². The zero-order valence-electron chi connectivity index (χ0n) is 17.0. The number of benzene rings is 2. The van der Waals surface area contributed by atoms with E-state index in [1.807, 2.05) is 31.2 Å². The van der Waals surface area contributed by atoms with Crippen molar-refractivity contribution >= 4 is 32.5 Å². The number of aryl methyl sites for hydroxylation is 1. The van der Waals surface area contributed by atoms with Crippen LogP contribution in [0.5, 0.6) is 5.75 Å². The number of phenols is 1. The second kappa shape index (κ2) is 7.85. The summed E-state index contributed by atoms with van der Waals surface area (Å²) in [6.07, 6.45) is 4.16. The molecular formula is C24H24N2O3S. The third-order valence-electron chi connectivity index (χ3n) is 5.87. The van der Waals surface area contributed by atoms with Crippen LogP contribution in [0, 0.1) is 0 Å². The molecule has 1 aliphatic rings. The van der Waals surface area contributed by atoms with Gasteiger partial charge in [-0.05, 0) is 50.2 Å². The number of piperidine rings is 1. The third kappa shape index (κ3) is 3.30. The Balaban J connectivity index is 1.69. The highest BCUT2D eigenvalue weighted by molar-refractivity contribution is 7.21. The number of fused-ring (bicyclic) bond motifs is 2. The minimum Gasteiger partial charge on any atom is -0.507 e. The molecule has 0 aliphatic carbocycles. The first-order chi connectivity index (χ1) is 14.7. The first-order valence-corrected chi connectivity index (χ1v) is 11.4. The predicted octanol–water partition coefficient (Wildman–Crippen LogP) is 5.32. The molecule has 0 bridgehead atoms. The SMILES string of the molecule is CCc1oc2c(CN3CCCCC3)c(O)ccc2c(=O)c1-c1nc2ccccc2s1. The molecule has 0 spiro atoms. The highest BCUT2D eigenvalue weighted by Crippen LogP contribution is 2.35. The van der Waals surface area contributed by atoms with Crippen LogP contribution in [-0.2, 0) is 13.0 Å². The summed E-state index contributed by atoms with van der Waals surface area (Å²) < 4.78 is 7.35. The number of aromatic hydroxyl groups is 1. The topological polar surface area (TPSA) is 66.6 Å². The molecule has 0 radical (unpaired) electrons. The van der Waals surface area contributed by atoms with E-state index in [-0.39, 0.29) is 11.2 Å². The normalized spacial score (nSPS) is 15.2. The predicted molar refractivity (Wildman–Crippen MR) is 121 cm³/mol. The van der Waals surface area contributed by atoms with E-state index in [0.29, 0.717) is 45.8 Å². The van der Waals surface area contributed by atoms with Crippen molar-refractivity contribution in [3.8, 4) is 16.3 Å². The zero-order chi connectivity index (χ0) is 20.7. The number of aromatic nitrogens is 1. The number of phenolic OH excluding ortho intramolecular Hbond substituents is 1. The molecule has 1 fully saturated rings. The summed E-state index contributed by atoms with van der Waals surface area (Å²) in [5.41, 5.74) is 2.56. The molecule has 2 aromatic heterocycles. The van der Waals surface area contributed by atoms with E-state index in [2.05, 4.69) is 4.90 Å². The molecule has 5 nitrogen and oxygen atoms in total. The van der Waals surface area contributed by atoms with Crippen molar-refractivity contribution in [2.24, 2.45) is 0 Å². The molecule has 5 rings (SSSR count). The number of rotatable bonds is 4. The van der Waals surface area contributed by atoms with Crippen molar-refractivity contribution in [3.63, 3.8) is 0 Å². The zero-order valence-corrected chi connectivity index (χ0v) is 17.8. The third-order valence-corrected chi connectivity index (χ3v) is 6.92. The highest BCUT2D eigenvalue weighted by Gasteiger charge is 2.23. The van der Waals surface area contributed by atoms with Crippen LogP contribution in [0.4, 0.5) is 0 Å². The first-order valence-electron chi connectivity index (χ1n) is 10.5. The summed E-state index contributed by atoms with van der Waals surface area (Å²) in [4.78, 5) is 20.6. The van der Waals surface area contributed by atoms with Gasteiger partial charge >= 0.3 is 0 Å². The Morgan fingerprint density at radius 3 is 2.70 bits per heavy atom. The molecule has 3 heterocycles. The summed E-state index contributed by atoms with van der Waals surface area (Å²) in [7, 11) is 0. The molecule has 1 aliphatic heterocycles. The molecule has 0 saturated carbocycles. The Labute approximate surface area is 178 Å². The number of likely N-dealkylation sites (tertiary alicyclic amines) is 1. The second-order valence-electron chi connectivity index (χ2n) is 7.85. The smallest absolute Gasteiger partial charge is 0.203 e. The van der Waals surface area contributed by atoms with E-state index >= 15 is 0 Å². The molecule has 1 saturated heterocycles. The van der Waals surface area contributed by atoms with Crippen LogP contribution in [0.1, 0.15) is 37.5 Å². The molecule has 6 heteroatoms. The Kier molecular flexibility index (Phi) is 5.05. The largest absolute Gasteiger partial charge is 0.507 e. The molecule has 1 N–H and O–H groups in total. The molecule has 2 aromatic carbocycles. The van der Waals surface area contributed by atoms with Crippen LogP contribution in [0.2, 0.25) is 0 Å². The average molecular weight is 421 g/mol. The van der Waals surface area contributed by atoms with E-state index in [1.165, 1.54) is 17.8 Å². The lowest BCUT2D eigenvalue weighted by Crippen LogP contribution is -2.29. The lowest BCUT2D eigenvalue weighted by molar-refractivity contribution is 0.218. The van der Waals surface area contributed by atoms with Crippen LogP contribution < -0.4 is 5.43 Å². The highest BCUT2D eigenvalue weighted by atomic mass is 32.1. The maximum atomic E-state index is 13.6. The minimum atomic E-state index is -0.0768. The summed E-state index contributed by atoms with van der Waals surface area (Å²) in [6.45, 7) is 4.58. The van der Waals surface area contributed by atoms with Crippen LogP contribution in [-0.4, -0.2) is 28.1 Å². The number of hydrogen-bond donors (Lipinski definition) is 1. The van der Waals surface area contributed by atoms with E-state index in [4.69, 9.17) is 9.40 Å². The van der Waals surface area contributed by atoms with Gasteiger partial charge in [-0.3, -0.25) is 9.69 Å². The van der Waals surface area contributed by atoms with Crippen molar-refractivity contribution in [2.45, 2.75) is 39.2 Å². The fourth-order valence-corrected chi connectivity index (χ4v) is 5.31. The van der Waals surface area contributed by atoms with Gasteiger partial charge in [-0.1, -0.05) is 25.5 Å². The van der Waals surface area contributed by atoms with E-state index in [9.17, 15) is 9.90 Å². The molecule has 0 amide bonds. The van der Waals surface area contributed by atoms with Crippen molar-refractivity contribution in [2.75, 3.05) is 13.1 Å². The van der Waals surface area contributed by atoms with Crippen LogP contribution in [0.3, 0.4) is 0 Å². The quantitative estimate of drug-likeness (QED) is 0.484. The summed E-state index contributed by atoms with van der Waals surface area (Å²) in [6, 6.07) is 11.2. The van der Waals surface area contributed by atoms with Crippen LogP contribution in [0.15, 0.2) is 45.6 Å². The number of thiazole rings is 1. The van der Waals surface area contributed by atoms with Gasteiger partial charge in [-0.15, -0.1) is 11.3 Å². The molecule has 30 heavy (non-hydrogen) atoms. The Morgan fingerprint density at radius 2 is 1.93 bits per heavy atom. The fraction of sp³-hybridized carbons (Fsp3) is 0.333. The molecule has 0 unspecified atom stereocenters. The minimum absolute atomic E-state index is 0.0768. The van der Waals surface area contributed by atoms with E-state index < -0.39 is 0 Å². The standard InChI is InChI=1S/C24H24N2O3S/c1-2-19-21(24-25-17-8-4-5-9-20(17)30-24)22(28)15-10-11-18(27)16(23(15)29-19)14-26-12-6-3-7-13-26/h4-5,8-11,27H,2-3,6-7,12-14H2,1H3. The van der Waals surface area contributed by atoms with E-state index in [0.717, 1.165) is 36.1 Å². The van der Waals surface area contributed by atoms with Crippen molar-refractivity contribution in [1.82, 2.24) is 9.88 Å². The van der Waals surface area contributed by atoms with E-state index in [1.54, 1.807) is 12.1 Å². The van der Waals surface area contributed by atoms with Gasteiger partial charge in [0.2, 0.25) is 5.43 Å². The maximum absolute atomic E-state index is 13.6. The van der Waals surface area contributed by atoms with Gasteiger partial charge < -0.3 is 9.52 Å². The Morgan fingerprint density at radius 1 is 1.13 bits per heavy atom. The van der Waals surface area contributed by atoms with Crippen molar-refractivity contribution < 1.29 is 9.52 Å². The number of hydrogen-bond acceptors (Lipinski definition) is 6. The van der Waals surface area contributed by atoms with Crippen molar-refractivity contribution in [3.05, 3.63) is 57.9 Å². The lowest BCUT2D eigenvalue weighted by atomic mass is 10.0. The Bertz CT molecular complexity index is 1250. The van der Waals surface area contributed by atoms with Gasteiger partial charge in [-0.2, -0.15) is 0 Å². The maximum Gasteiger partial charge on any atom is 0.203 e. The van der Waals surface area contributed by atoms with Gasteiger partial charge in [0, 0.05) is 13.0 Å². The number of nitrogens with zero attached hydrogens (tertiary/aromatic N) is 2. The summed E-state index contributed by atoms with van der Waals surface area (Å²) in [5, 5.41) is 11.8. The number of para-hydroxylation sites is 1. The molecule has 4 aromatic rings. The van der Waals surface area contributed by atoms with Gasteiger partial charge in [-0.25, -0.2) is 4.98 Å². The lowest BCUT2D eigenvalue weighted by Gasteiger charge is -2.27. The fourth-order valence-electron chi connectivity index (χ4n) is 4.29. The summed E-state index contributed by atoms with van der Waals surface area (Å²) in [5.74, 6) is 0.808. The summed E-state index contributed by atoms with van der Waals surface area (Å²) >= 11 is 1.51. The van der Waals surface area contributed by atoms with Crippen molar-refractivity contribution in [1.29, 1.82) is 0 Å². The first kappa shape index (κ1) is 19.3. The molecular weight excluding hydrogens is 396 g/mol. The van der Waals surface area contributed by atoms with Crippen LogP contribution in [0.25, 0.3) is 31.8 Å². The Hall–Kier alpha value is -2.70. The van der Waals surface area contributed by atoms with Crippen LogP contribution >= 0.6 is 11.3 Å². The van der Waals surface area contributed by atoms with Gasteiger partial charge in [0.25, 0.3) is 0 Å². The van der Waals surface area contributed by atoms with Gasteiger partial charge in [0.15, 0.2) is 0 Å². The second-order valence-corrected chi connectivity index (χ2v) is 8.88.